The minimum atomic E-state index is -0.194. The van der Waals surface area contributed by atoms with Crippen LogP contribution in [-0.2, 0) is 0 Å². The molecule has 1 amide bonds. The molecule has 1 aliphatic heterocycles. The molecular weight excluding hydrogens is 256 g/mol. The van der Waals surface area contributed by atoms with Crippen molar-refractivity contribution in [2.75, 3.05) is 24.5 Å². The number of carbonyl (C=O) groups is 1. The molecule has 3 rings (SSSR count). The molecule has 3 unspecified atom stereocenters. The van der Waals surface area contributed by atoms with E-state index in [-0.39, 0.29) is 12.0 Å². The summed E-state index contributed by atoms with van der Waals surface area (Å²) < 4.78 is 0. The Morgan fingerprint density at radius 1 is 1.40 bits per heavy atom. The highest BCUT2D eigenvalue weighted by molar-refractivity contribution is 5.92. The third kappa shape index (κ3) is 2.35. The van der Waals surface area contributed by atoms with Gasteiger partial charge in [0.2, 0.25) is 0 Å². The summed E-state index contributed by atoms with van der Waals surface area (Å²) in [4.78, 5) is 13.8. The van der Waals surface area contributed by atoms with Gasteiger partial charge < -0.3 is 15.3 Å². The molecule has 2 N–H and O–H groups in total. The first-order valence-corrected chi connectivity index (χ1v) is 7.24. The molecule has 0 bridgehead atoms. The summed E-state index contributed by atoms with van der Waals surface area (Å²) in [6.45, 7) is 4.21. The Morgan fingerprint density at radius 2 is 2.25 bits per heavy atom. The molecule has 1 aromatic heterocycles. The van der Waals surface area contributed by atoms with Crippen molar-refractivity contribution in [2.45, 2.75) is 25.9 Å². The molecular formula is C14H20N4O2. The van der Waals surface area contributed by atoms with Crippen LogP contribution in [0.15, 0.2) is 12.1 Å². The number of nitrogens with one attached hydrogen (secondary N) is 1. The lowest BCUT2D eigenvalue weighted by Crippen LogP contribution is -2.27. The molecule has 108 valence electrons. The molecule has 2 fully saturated rings. The molecule has 3 atom stereocenters. The van der Waals surface area contributed by atoms with Crippen molar-refractivity contribution < 1.29 is 9.90 Å². The molecule has 2 aliphatic rings. The number of aliphatic hydroxyl groups excluding tert-OH is 1. The zero-order valence-electron chi connectivity index (χ0n) is 11.6. The number of carbonyl (C=O) groups excluding carboxylic acids is 1. The van der Waals surface area contributed by atoms with Crippen LogP contribution >= 0.6 is 0 Å². The van der Waals surface area contributed by atoms with E-state index in [1.54, 1.807) is 6.07 Å². The molecule has 1 saturated carbocycles. The summed E-state index contributed by atoms with van der Waals surface area (Å²) in [5.41, 5.74) is 0.343. The van der Waals surface area contributed by atoms with Crippen molar-refractivity contribution >= 4 is 11.7 Å². The van der Waals surface area contributed by atoms with Gasteiger partial charge in [0.15, 0.2) is 11.5 Å². The van der Waals surface area contributed by atoms with Gasteiger partial charge in [-0.2, -0.15) is 0 Å². The number of aromatic nitrogens is 2. The smallest absolute Gasteiger partial charge is 0.271 e. The van der Waals surface area contributed by atoms with Crippen LogP contribution in [0.3, 0.4) is 0 Å². The average Bonchev–Trinajstić information content (AvgIpc) is 3.02. The number of rotatable bonds is 3. The van der Waals surface area contributed by atoms with E-state index in [1.807, 2.05) is 13.0 Å². The normalized spacial score (nSPS) is 28.5. The van der Waals surface area contributed by atoms with Crippen LogP contribution in [-0.4, -0.2) is 46.9 Å². The second-order valence-corrected chi connectivity index (χ2v) is 5.61. The Balaban J connectivity index is 1.68. The van der Waals surface area contributed by atoms with Gasteiger partial charge in [-0.1, -0.05) is 0 Å². The highest BCUT2D eigenvalue weighted by Crippen LogP contribution is 2.39. The Morgan fingerprint density at radius 3 is 2.90 bits per heavy atom. The van der Waals surface area contributed by atoms with E-state index >= 15 is 0 Å². The largest absolute Gasteiger partial charge is 0.393 e. The fourth-order valence-electron chi connectivity index (χ4n) is 3.29. The molecule has 2 heterocycles. The van der Waals surface area contributed by atoms with Gasteiger partial charge in [-0.3, -0.25) is 4.79 Å². The van der Waals surface area contributed by atoms with E-state index in [0.29, 0.717) is 24.1 Å². The molecule has 1 saturated heterocycles. The van der Waals surface area contributed by atoms with Crippen molar-refractivity contribution in [2.24, 2.45) is 11.8 Å². The number of fused-ring (bicyclic) bond motifs is 1. The van der Waals surface area contributed by atoms with Gasteiger partial charge in [0.25, 0.3) is 5.91 Å². The summed E-state index contributed by atoms with van der Waals surface area (Å²) in [5, 5.41) is 20.8. The van der Waals surface area contributed by atoms with Crippen molar-refractivity contribution in [1.82, 2.24) is 15.5 Å². The van der Waals surface area contributed by atoms with Crippen LogP contribution < -0.4 is 10.2 Å². The molecule has 1 aliphatic carbocycles. The third-order valence-electron chi connectivity index (χ3n) is 4.36. The number of aliphatic hydroxyl groups is 1. The van der Waals surface area contributed by atoms with E-state index in [9.17, 15) is 9.90 Å². The average molecular weight is 276 g/mol. The van der Waals surface area contributed by atoms with Crippen LogP contribution in [0, 0.1) is 11.8 Å². The fourth-order valence-corrected chi connectivity index (χ4v) is 3.29. The van der Waals surface area contributed by atoms with Crippen molar-refractivity contribution in [3.05, 3.63) is 17.8 Å². The molecule has 1 aromatic rings. The lowest BCUT2D eigenvalue weighted by molar-refractivity contribution is 0.0950. The van der Waals surface area contributed by atoms with Crippen LogP contribution in [0.2, 0.25) is 0 Å². The highest BCUT2D eigenvalue weighted by Gasteiger charge is 2.42. The minimum absolute atomic E-state index is 0.174. The first-order chi connectivity index (χ1) is 9.69. The fraction of sp³-hybridized carbons (Fsp3) is 0.643. The Kier molecular flexibility index (Phi) is 3.56. The predicted octanol–water partition coefficient (Wildman–Crippen LogP) is 0.433. The van der Waals surface area contributed by atoms with Gasteiger partial charge in [0.1, 0.15) is 0 Å². The van der Waals surface area contributed by atoms with E-state index < -0.39 is 0 Å². The van der Waals surface area contributed by atoms with E-state index in [4.69, 9.17) is 0 Å². The van der Waals surface area contributed by atoms with Crippen molar-refractivity contribution in [1.29, 1.82) is 0 Å². The zero-order chi connectivity index (χ0) is 14.1. The quantitative estimate of drug-likeness (QED) is 0.837. The maximum Gasteiger partial charge on any atom is 0.271 e. The Hall–Kier alpha value is -1.69. The van der Waals surface area contributed by atoms with Crippen LogP contribution in [0.5, 0.6) is 0 Å². The van der Waals surface area contributed by atoms with Gasteiger partial charge in [-0.05, 0) is 37.8 Å². The Bertz CT molecular complexity index is 490. The lowest BCUT2D eigenvalue weighted by atomic mass is 10.00. The predicted molar refractivity (Wildman–Crippen MR) is 74.5 cm³/mol. The number of anilines is 1. The summed E-state index contributed by atoms with van der Waals surface area (Å²) >= 11 is 0. The number of amides is 1. The first-order valence-electron chi connectivity index (χ1n) is 7.24. The topological polar surface area (TPSA) is 78.4 Å². The van der Waals surface area contributed by atoms with E-state index in [2.05, 4.69) is 20.4 Å². The SMILES string of the molecule is CCNC(=O)c1ccc(N2CC3CCC(O)C3C2)nn1. The second kappa shape index (κ2) is 5.36. The Labute approximate surface area is 118 Å². The van der Waals surface area contributed by atoms with Gasteiger partial charge in [0, 0.05) is 25.6 Å². The zero-order valence-corrected chi connectivity index (χ0v) is 11.6. The summed E-state index contributed by atoms with van der Waals surface area (Å²) in [7, 11) is 0. The number of nitrogens with zero attached hydrogens (tertiary/aromatic N) is 3. The molecule has 6 heteroatoms. The van der Waals surface area contributed by atoms with Crippen LogP contribution in [0.4, 0.5) is 5.82 Å². The van der Waals surface area contributed by atoms with E-state index in [0.717, 1.165) is 31.7 Å². The molecule has 6 nitrogen and oxygen atoms in total. The van der Waals surface area contributed by atoms with Crippen LogP contribution in [0.25, 0.3) is 0 Å². The van der Waals surface area contributed by atoms with E-state index in [1.165, 1.54) is 0 Å². The monoisotopic (exact) mass is 276 g/mol. The second-order valence-electron chi connectivity index (χ2n) is 5.61. The summed E-state index contributed by atoms with van der Waals surface area (Å²) in [5.74, 6) is 1.52. The minimum Gasteiger partial charge on any atom is -0.393 e. The summed E-state index contributed by atoms with van der Waals surface area (Å²) in [6.07, 6.45) is 1.84. The summed E-state index contributed by atoms with van der Waals surface area (Å²) in [6, 6.07) is 3.54. The number of hydrogen-bond acceptors (Lipinski definition) is 5. The standard InChI is InChI=1S/C14H20N4O2/c1-2-15-14(20)11-4-6-13(17-16-11)18-7-9-3-5-12(19)10(9)8-18/h4,6,9-10,12,19H,2-3,5,7-8H2,1H3,(H,15,20). The van der Waals surface area contributed by atoms with Gasteiger partial charge in [-0.25, -0.2) is 0 Å². The van der Waals surface area contributed by atoms with Gasteiger partial charge >= 0.3 is 0 Å². The van der Waals surface area contributed by atoms with Crippen LogP contribution in [0.1, 0.15) is 30.3 Å². The maximum atomic E-state index is 11.6. The molecule has 0 spiro atoms. The molecule has 20 heavy (non-hydrogen) atoms. The lowest BCUT2D eigenvalue weighted by Gasteiger charge is -2.18. The maximum absolute atomic E-state index is 11.6. The number of hydrogen-bond donors (Lipinski definition) is 2. The molecule has 0 radical (unpaired) electrons. The van der Waals surface area contributed by atoms with Gasteiger partial charge in [-0.15, -0.1) is 10.2 Å². The third-order valence-corrected chi connectivity index (χ3v) is 4.36. The first kappa shape index (κ1) is 13.3. The van der Waals surface area contributed by atoms with Crippen molar-refractivity contribution in [3.63, 3.8) is 0 Å². The van der Waals surface area contributed by atoms with Gasteiger partial charge in [0.05, 0.1) is 6.10 Å². The highest BCUT2D eigenvalue weighted by atomic mass is 16.3. The molecule has 0 aromatic carbocycles. The van der Waals surface area contributed by atoms with Crippen molar-refractivity contribution in [3.8, 4) is 0 Å².